The zero-order valence-corrected chi connectivity index (χ0v) is 57.3. The van der Waals surface area contributed by atoms with Gasteiger partial charge in [-0.3, -0.25) is 19.4 Å². The molecular weight excluding hydrogens is 1390 g/mol. The summed E-state index contributed by atoms with van der Waals surface area (Å²) in [6.07, 6.45) is 2.74. The number of likely N-dealkylation sites (tertiary alicyclic amines) is 2. The first kappa shape index (κ1) is 71.8. The second kappa shape index (κ2) is 30.4. The lowest BCUT2D eigenvalue weighted by atomic mass is 9.91. The molecule has 4 aromatic heterocycles. The van der Waals surface area contributed by atoms with Gasteiger partial charge in [-0.25, -0.2) is 19.9 Å². The highest BCUT2D eigenvalue weighted by Gasteiger charge is 2.35. The third kappa shape index (κ3) is 14.7. The molecule has 14 rings (SSSR count). The van der Waals surface area contributed by atoms with E-state index in [0.717, 1.165) is 57.3 Å². The highest BCUT2D eigenvalue weighted by Crippen LogP contribution is 2.44. The number of benzene rings is 8. The van der Waals surface area contributed by atoms with E-state index in [0.29, 0.717) is 92.8 Å². The van der Waals surface area contributed by atoms with Crippen molar-refractivity contribution >= 4 is 67.9 Å². The van der Waals surface area contributed by atoms with Crippen molar-refractivity contribution in [3.63, 3.8) is 0 Å². The number of aromatic nitrogens is 4. The van der Waals surface area contributed by atoms with E-state index in [-0.39, 0.29) is 99.5 Å². The van der Waals surface area contributed by atoms with Gasteiger partial charge < -0.3 is 51.2 Å². The Bertz CT molecular complexity index is 4900. The summed E-state index contributed by atoms with van der Waals surface area (Å²) in [4.78, 5) is 47.1. The van der Waals surface area contributed by atoms with Gasteiger partial charge in [0.15, 0.2) is 22.3 Å². The third-order valence-corrected chi connectivity index (χ3v) is 19.0. The Morgan fingerprint density at radius 1 is 0.442 bits per heavy atom. The van der Waals surface area contributed by atoms with E-state index in [9.17, 15) is 49.8 Å². The van der Waals surface area contributed by atoms with Crippen molar-refractivity contribution in [1.82, 2.24) is 29.7 Å². The summed E-state index contributed by atoms with van der Waals surface area (Å²) in [5.74, 6) is -0.0968. The van der Waals surface area contributed by atoms with Crippen LogP contribution in [0.25, 0.3) is 112 Å². The number of carbonyl (C=O) groups is 2. The first-order valence-electron chi connectivity index (χ1n) is 32.8. The highest BCUT2D eigenvalue weighted by molar-refractivity contribution is 6.17. The number of rotatable bonds is 22. The molecule has 0 saturated carbocycles. The fourth-order valence-electron chi connectivity index (χ4n) is 13.7. The van der Waals surface area contributed by atoms with Crippen LogP contribution in [0, 0.1) is 27.7 Å². The predicted molar refractivity (Wildman–Crippen MR) is 368 cm³/mol. The van der Waals surface area contributed by atoms with Gasteiger partial charge in [-0.15, -0.1) is 11.6 Å². The molecule has 6 heterocycles. The van der Waals surface area contributed by atoms with Gasteiger partial charge in [-0.05, 0) is 160 Å². The molecule has 2 fully saturated rings. The molecule has 2 aliphatic rings. The molecule has 0 aliphatic carbocycles. The monoisotopic (exact) mass is 1460 g/mol. The first-order chi connectivity index (χ1) is 50.1. The molecule has 0 amide bonds. The Morgan fingerprint density at radius 3 is 0.990 bits per heavy atom. The second-order valence-electron chi connectivity index (χ2n) is 24.8. The van der Waals surface area contributed by atoms with Gasteiger partial charge >= 0.3 is 38.4 Å². The lowest BCUT2D eigenvalue weighted by molar-refractivity contribution is -0.146. The number of aliphatic hydroxyl groups excluding tert-OH is 1. The van der Waals surface area contributed by atoms with E-state index in [1.807, 2.05) is 110 Å². The SMILES string of the molecule is COC(=O)[C@@H]1CCCN1Cc1cc2nc(-c3cccc(-c4cccc(-c5nc6cc(CCl)c(OC(F)F)cc6o5)c4C)c3C)oc2cc1OC(F)F.COC(=O)[C@@H]1CCCN1Cc1cc2nc(-c3cccc(-c4cccc(-c5nc6cc(CO)c(OC(F)F)cc6o5)c4C)c3C)oc2cc1OC(F)F. The van der Waals surface area contributed by atoms with Gasteiger partial charge in [0.05, 0.1) is 26.7 Å². The van der Waals surface area contributed by atoms with Crippen molar-refractivity contribution in [2.24, 2.45) is 0 Å². The molecule has 19 nitrogen and oxygen atoms in total. The van der Waals surface area contributed by atoms with Gasteiger partial charge in [0.25, 0.3) is 0 Å². The summed E-state index contributed by atoms with van der Waals surface area (Å²) in [5, 5.41) is 9.69. The number of halogens is 9. The van der Waals surface area contributed by atoms with Crippen LogP contribution >= 0.6 is 11.6 Å². The van der Waals surface area contributed by atoms with Crippen molar-refractivity contribution in [3.8, 4) is 91.1 Å². The molecule has 0 unspecified atom stereocenters. The highest BCUT2D eigenvalue weighted by atomic mass is 35.5. The predicted octanol–water partition coefficient (Wildman–Crippen LogP) is 18.1. The number of hydrogen-bond donors (Lipinski definition) is 1. The smallest absolute Gasteiger partial charge is 0.387 e. The number of nitrogens with zero attached hydrogens (tertiary/aromatic N) is 6. The summed E-state index contributed by atoms with van der Waals surface area (Å²) in [6, 6.07) is 33.4. The summed E-state index contributed by atoms with van der Waals surface area (Å²) in [5.41, 5.74) is 13.6. The molecule has 0 spiro atoms. The molecule has 8 aromatic carbocycles. The number of alkyl halides is 9. The van der Waals surface area contributed by atoms with Crippen molar-refractivity contribution in [3.05, 3.63) is 166 Å². The maximum absolute atomic E-state index is 13.5. The number of hydrogen-bond acceptors (Lipinski definition) is 19. The minimum atomic E-state index is -3.07. The van der Waals surface area contributed by atoms with E-state index in [1.54, 1.807) is 18.2 Å². The van der Waals surface area contributed by atoms with E-state index in [1.165, 1.54) is 44.6 Å². The standard InChI is InChI=1S/C38H32ClF4N3O6.C38H33F4N3O7/c1-19-23(7-4-9-25(19)34-44-27-13-21(17-39)30(51-37(40)41)15-32(27)49-34)24-8-5-10-26(20(24)2)35-45-28-14-22(31(52-38(42)43)16-33(28)50-35)18-46-12-6-11-29(46)36(47)48-3;1-19-23(24-8-5-10-26(20(24)2)35-44-28-14-22(18-46)31(52-38(41)42)16-33(28)50-35)7-4-9-25(19)34-43-27-13-21(30(51-37(39)40)15-32(27)49-34)17-45-12-6-11-29(45)36(47)48-3/h4-5,7-10,13-16,29,37-38H,6,11-12,17-18H2,1-3H3;4-5,7-10,13-16,29,37-38,46H,6,11-12,17-18H2,1-3H3/t2*29-/m00/s1. The summed E-state index contributed by atoms with van der Waals surface area (Å²) in [6.45, 7) is -3.52. The van der Waals surface area contributed by atoms with E-state index in [4.69, 9.17) is 58.2 Å². The molecule has 540 valence electrons. The summed E-state index contributed by atoms with van der Waals surface area (Å²) in [7, 11) is 2.65. The molecule has 2 aliphatic heterocycles. The topological polar surface area (TPSA) is 220 Å². The maximum atomic E-state index is 13.5. The molecule has 2 atom stereocenters. The number of fused-ring (bicyclic) bond motifs is 4. The quantitative estimate of drug-likeness (QED) is 0.0379. The van der Waals surface area contributed by atoms with Crippen LogP contribution in [0.5, 0.6) is 23.0 Å². The Morgan fingerprint density at radius 2 is 0.712 bits per heavy atom. The Balaban J connectivity index is 0.000000185. The third-order valence-electron chi connectivity index (χ3n) is 18.7. The molecule has 12 aromatic rings. The minimum absolute atomic E-state index is 0.0493. The molecule has 2 saturated heterocycles. The fraction of sp³-hybridized carbons (Fsp3) is 0.289. The van der Waals surface area contributed by atoms with Crippen LogP contribution in [0.15, 0.2) is 139 Å². The van der Waals surface area contributed by atoms with Crippen molar-refractivity contribution in [2.45, 2.75) is 117 Å². The average molecular weight is 1460 g/mol. The molecule has 0 bridgehead atoms. The molecule has 28 heteroatoms. The second-order valence-corrected chi connectivity index (χ2v) is 25.1. The summed E-state index contributed by atoms with van der Waals surface area (Å²) >= 11 is 5.99. The number of aliphatic hydroxyl groups is 1. The number of ether oxygens (including phenoxy) is 6. The van der Waals surface area contributed by atoms with E-state index in [2.05, 4.69) is 19.4 Å². The Hall–Kier alpha value is -10.6. The molecule has 104 heavy (non-hydrogen) atoms. The molecule has 1 N–H and O–H groups in total. The van der Waals surface area contributed by atoms with Gasteiger partial charge in [-0.1, -0.05) is 48.5 Å². The van der Waals surface area contributed by atoms with Gasteiger partial charge in [0.1, 0.15) is 57.1 Å². The zero-order chi connectivity index (χ0) is 73.4. The van der Waals surface area contributed by atoms with Crippen molar-refractivity contribution in [2.75, 3.05) is 27.3 Å². The normalized spacial score (nSPS) is 15.0. The Kier molecular flexibility index (Phi) is 21.0. The van der Waals surface area contributed by atoms with E-state index < -0.39 is 45.1 Å². The molecular formula is C76H65ClF8N6O13. The number of esters is 2. The summed E-state index contributed by atoms with van der Waals surface area (Å²) < 4.78 is 159. The number of methoxy groups -OCH3 is 2. The van der Waals surface area contributed by atoms with Gasteiger partial charge in [0, 0.05) is 81.9 Å². The van der Waals surface area contributed by atoms with Crippen LogP contribution in [0.4, 0.5) is 35.1 Å². The van der Waals surface area contributed by atoms with Crippen molar-refractivity contribution < 1.29 is 95.9 Å². The lowest BCUT2D eigenvalue weighted by Crippen LogP contribution is -2.36. The van der Waals surface area contributed by atoms with Crippen LogP contribution in [0.1, 0.15) is 70.2 Å². The Labute approximate surface area is 592 Å². The van der Waals surface area contributed by atoms with Crippen LogP contribution in [-0.2, 0) is 44.6 Å². The number of oxazole rings is 4. The van der Waals surface area contributed by atoms with Crippen molar-refractivity contribution in [1.29, 1.82) is 0 Å². The van der Waals surface area contributed by atoms with Gasteiger partial charge in [0.2, 0.25) is 23.6 Å². The average Bonchev–Trinajstić information content (AvgIpc) is 1.50. The van der Waals surface area contributed by atoms with Crippen LogP contribution in [0.3, 0.4) is 0 Å². The minimum Gasteiger partial charge on any atom is -0.468 e. The number of carbonyl (C=O) groups excluding carboxylic acids is 2. The van der Waals surface area contributed by atoms with Crippen LogP contribution in [0.2, 0.25) is 0 Å². The zero-order valence-electron chi connectivity index (χ0n) is 56.5. The van der Waals surface area contributed by atoms with Crippen LogP contribution < -0.4 is 18.9 Å². The first-order valence-corrected chi connectivity index (χ1v) is 33.4. The van der Waals surface area contributed by atoms with Gasteiger partial charge in [-0.2, -0.15) is 35.1 Å². The van der Waals surface area contributed by atoms with E-state index >= 15 is 0 Å². The van der Waals surface area contributed by atoms with Crippen LogP contribution in [-0.4, -0.2) is 113 Å². The fourth-order valence-corrected chi connectivity index (χ4v) is 13.9. The molecule has 0 radical (unpaired) electrons. The largest absolute Gasteiger partial charge is 0.468 e. The maximum Gasteiger partial charge on any atom is 0.387 e. The lowest BCUT2D eigenvalue weighted by Gasteiger charge is -2.23.